The van der Waals surface area contributed by atoms with Crippen LogP contribution in [0.15, 0.2) is 18.3 Å². The van der Waals surface area contributed by atoms with Gasteiger partial charge in [0.15, 0.2) is 6.10 Å². The molecular weight excluding hydrogens is 276 g/mol. The first-order valence-electron chi connectivity index (χ1n) is 6.86. The number of carboxylic acids is 1. The molecule has 2 atom stereocenters. The van der Waals surface area contributed by atoms with Gasteiger partial charge >= 0.3 is 11.9 Å². The van der Waals surface area contributed by atoms with Crippen LogP contribution in [0, 0.1) is 0 Å². The number of carboxylic acid groups (broad SMARTS) is 1. The van der Waals surface area contributed by atoms with Gasteiger partial charge in [0.25, 0.3) is 0 Å². The summed E-state index contributed by atoms with van der Waals surface area (Å²) in [6.07, 6.45) is 1.77. The zero-order valence-electron chi connectivity index (χ0n) is 11.7. The Balaban J connectivity index is 1.95. The molecule has 2 heterocycles. The Morgan fingerprint density at radius 2 is 2.33 bits per heavy atom. The van der Waals surface area contributed by atoms with E-state index in [9.17, 15) is 9.59 Å². The normalized spacial score (nSPS) is 21.0. The third kappa shape index (κ3) is 3.91. The van der Waals surface area contributed by atoms with Crippen molar-refractivity contribution in [1.29, 1.82) is 0 Å². The fourth-order valence-electron chi connectivity index (χ4n) is 2.17. The number of aromatic nitrogens is 1. The van der Waals surface area contributed by atoms with Crippen molar-refractivity contribution in [3.63, 3.8) is 0 Å². The van der Waals surface area contributed by atoms with Crippen LogP contribution in [-0.4, -0.2) is 47.4 Å². The molecule has 2 N–H and O–H groups in total. The number of aliphatic carboxylic acids is 1. The summed E-state index contributed by atoms with van der Waals surface area (Å²) in [5.74, 6) is -0.968. The van der Waals surface area contributed by atoms with Crippen molar-refractivity contribution in [2.24, 2.45) is 0 Å². The van der Waals surface area contributed by atoms with Gasteiger partial charge in [-0.1, -0.05) is 0 Å². The van der Waals surface area contributed by atoms with Gasteiger partial charge in [-0.25, -0.2) is 14.6 Å². The Morgan fingerprint density at radius 3 is 3.00 bits per heavy atom. The zero-order chi connectivity index (χ0) is 15.2. The molecule has 114 valence electrons. The molecule has 1 aliphatic rings. The summed E-state index contributed by atoms with van der Waals surface area (Å²) in [5.41, 5.74) is 0.354. The fraction of sp³-hybridized carbons (Fsp3) is 0.500. The highest BCUT2D eigenvalue weighted by Crippen LogP contribution is 2.21. The van der Waals surface area contributed by atoms with E-state index in [-0.39, 0.29) is 6.10 Å². The number of nitrogens with one attached hydrogen (secondary N) is 1. The second-order valence-electron chi connectivity index (χ2n) is 4.66. The van der Waals surface area contributed by atoms with E-state index in [1.54, 1.807) is 25.3 Å². The third-order valence-corrected chi connectivity index (χ3v) is 3.18. The van der Waals surface area contributed by atoms with Crippen LogP contribution in [0.2, 0.25) is 0 Å². The minimum absolute atomic E-state index is 0.205. The van der Waals surface area contributed by atoms with Gasteiger partial charge in [-0.3, -0.25) is 0 Å². The molecule has 1 fully saturated rings. The standard InChI is InChI=1S/C14H18N2O5/c1-2-20-14(19)10-4-3-7-15-12(10)16-8-9-5-6-11(21-9)13(17)18/h3-4,7,9,11H,2,5-6,8H2,1H3,(H,15,16)(H,17,18). The van der Waals surface area contributed by atoms with Crippen molar-refractivity contribution in [3.05, 3.63) is 23.9 Å². The van der Waals surface area contributed by atoms with Crippen LogP contribution in [0.3, 0.4) is 0 Å². The molecule has 2 rings (SSSR count). The van der Waals surface area contributed by atoms with E-state index in [0.717, 1.165) is 0 Å². The number of carbonyl (C=O) groups is 2. The summed E-state index contributed by atoms with van der Waals surface area (Å²) in [7, 11) is 0. The van der Waals surface area contributed by atoms with Crippen molar-refractivity contribution in [3.8, 4) is 0 Å². The Labute approximate surface area is 122 Å². The quantitative estimate of drug-likeness (QED) is 0.763. The third-order valence-electron chi connectivity index (χ3n) is 3.18. The fourth-order valence-corrected chi connectivity index (χ4v) is 2.17. The van der Waals surface area contributed by atoms with Gasteiger partial charge in [-0.05, 0) is 31.9 Å². The van der Waals surface area contributed by atoms with Gasteiger partial charge < -0.3 is 19.9 Å². The van der Waals surface area contributed by atoms with Crippen molar-refractivity contribution in [2.75, 3.05) is 18.5 Å². The van der Waals surface area contributed by atoms with Crippen molar-refractivity contribution < 1.29 is 24.2 Å². The molecule has 1 saturated heterocycles. The number of nitrogens with zero attached hydrogens (tertiary/aromatic N) is 1. The number of pyridine rings is 1. The van der Waals surface area contributed by atoms with E-state index < -0.39 is 18.0 Å². The Bertz CT molecular complexity index is 520. The number of carbonyl (C=O) groups excluding carboxylic acids is 1. The lowest BCUT2D eigenvalue weighted by atomic mass is 10.2. The molecule has 1 aromatic rings. The van der Waals surface area contributed by atoms with Gasteiger partial charge in [0.2, 0.25) is 0 Å². The molecule has 1 aliphatic heterocycles. The molecule has 0 radical (unpaired) electrons. The SMILES string of the molecule is CCOC(=O)c1cccnc1NCC1CCC(C(=O)O)O1. The molecule has 2 unspecified atom stereocenters. The first kappa shape index (κ1) is 15.2. The number of esters is 1. The van der Waals surface area contributed by atoms with Crippen LogP contribution in [0.25, 0.3) is 0 Å². The molecule has 0 bridgehead atoms. The van der Waals surface area contributed by atoms with Crippen LogP contribution >= 0.6 is 0 Å². The van der Waals surface area contributed by atoms with E-state index in [0.29, 0.717) is 37.4 Å². The molecule has 0 aromatic carbocycles. The average Bonchev–Trinajstić information content (AvgIpc) is 2.95. The first-order valence-corrected chi connectivity index (χ1v) is 6.86. The predicted molar refractivity (Wildman–Crippen MR) is 74.2 cm³/mol. The lowest BCUT2D eigenvalue weighted by molar-refractivity contribution is -0.149. The maximum atomic E-state index is 11.8. The number of rotatable bonds is 6. The van der Waals surface area contributed by atoms with Crippen LogP contribution in [-0.2, 0) is 14.3 Å². The van der Waals surface area contributed by atoms with Gasteiger partial charge in [-0.2, -0.15) is 0 Å². The second kappa shape index (κ2) is 7.03. The highest BCUT2D eigenvalue weighted by Gasteiger charge is 2.30. The smallest absolute Gasteiger partial charge is 0.341 e. The molecule has 0 aliphatic carbocycles. The van der Waals surface area contributed by atoms with Gasteiger partial charge in [0.1, 0.15) is 11.4 Å². The topological polar surface area (TPSA) is 97.8 Å². The molecule has 0 amide bonds. The molecule has 0 spiro atoms. The van der Waals surface area contributed by atoms with Gasteiger partial charge in [0.05, 0.1) is 12.7 Å². The lowest BCUT2D eigenvalue weighted by Gasteiger charge is -2.14. The molecule has 7 nitrogen and oxygen atoms in total. The average molecular weight is 294 g/mol. The number of hydrogen-bond donors (Lipinski definition) is 2. The van der Waals surface area contributed by atoms with Crippen LogP contribution in [0.5, 0.6) is 0 Å². The Hall–Kier alpha value is -2.15. The van der Waals surface area contributed by atoms with Crippen molar-refractivity contribution in [1.82, 2.24) is 4.98 Å². The maximum Gasteiger partial charge on any atom is 0.341 e. The second-order valence-corrected chi connectivity index (χ2v) is 4.66. The largest absolute Gasteiger partial charge is 0.479 e. The summed E-state index contributed by atoms with van der Waals surface area (Å²) >= 11 is 0. The lowest BCUT2D eigenvalue weighted by Crippen LogP contribution is -2.25. The first-order chi connectivity index (χ1) is 10.1. The van der Waals surface area contributed by atoms with Crippen LogP contribution in [0.1, 0.15) is 30.1 Å². The van der Waals surface area contributed by atoms with Gasteiger partial charge in [-0.15, -0.1) is 0 Å². The highest BCUT2D eigenvalue weighted by molar-refractivity contribution is 5.94. The van der Waals surface area contributed by atoms with Gasteiger partial charge in [0, 0.05) is 12.7 Å². The van der Waals surface area contributed by atoms with Crippen LogP contribution in [0.4, 0.5) is 5.82 Å². The van der Waals surface area contributed by atoms with E-state index in [1.807, 2.05) is 0 Å². The maximum absolute atomic E-state index is 11.8. The monoisotopic (exact) mass is 294 g/mol. The summed E-state index contributed by atoms with van der Waals surface area (Å²) in [6.45, 7) is 2.42. The summed E-state index contributed by atoms with van der Waals surface area (Å²) in [6, 6.07) is 3.28. The molecular formula is C14H18N2O5. The summed E-state index contributed by atoms with van der Waals surface area (Å²) < 4.78 is 10.3. The number of anilines is 1. The minimum atomic E-state index is -0.942. The highest BCUT2D eigenvalue weighted by atomic mass is 16.5. The minimum Gasteiger partial charge on any atom is -0.479 e. The van der Waals surface area contributed by atoms with Crippen molar-refractivity contribution >= 4 is 17.8 Å². The van der Waals surface area contributed by atoms with E-state index in [4.69, 9.17) is 14.6 Å². The molecule has 21 heavy (non-hydrogen) atoms. The van der Waals surface area contributed by atoms with E-state index >= 15 is 0 Å². The van der Waals surface area contributed by atoms with E-state index in [1.165, 1.54) is 0 Å². The summed E-state index contributed by atoms with van der Waals surface area (Å²) in [5, 5.41) is 11.9. The van der Waals surface area contributed by atoms with E-state index in [2.05, 4.69) is 10.3 Å². The molecule has 7 heteroatoms. The Morgan fingerprint density at radius 1 is 1.52 bits per heavy atom. The zero-order valence-corrected chi connectivity index (χ0v) is 11.7. The number of ether oxygens (including phenoxy) is 2. The van der Waals surface area contributed by atoms with Crippen LogP contribution < -0.4 is 5.32 Å². The predicted octanol–water partition coefficient (Wildman–Crippen LogP) is 1.30. The van der Waals surface area contributed by atoms with Crippen molar-refractivity contribution in [2.45, 2.75) is 32.0 Å². The summed E-state index contributed by atoms with van der Waals surface area (Å²) in [4.78, 5) is 26.7. The molecule has 0 saturated carbocycles. The molecule has 1 aromatic heterocycles. The Kier molecular flexibility index (Phi) is 5.10. The number of hydrogen-bond acceptors (Lipinski definition) is 6.